The Bertz CT molecular complexity index is 575. The van der Waals surface area contributed by atoms with E-state index in [0.717, 1.165) is 32.1 Å². The number of nitrogens with zero attached hydrogens (tertiary/aromatic N) is 2. The fourth-order valence-electron chi connectivity index (χ4n) is 3.38. The number of aromatic nitrogens is 2. The molecule has 108 valence electrons. The molecule has 1 unspecified atom stereocenters. The van der Waals surface area contributed by atoms with Crippen molar-refractivity contribution >= 4 is 5.97 Å². The molecule has 1 atom stereocenters. The molecule has 1 N–H and O–H groups in total. The molecule has 1 saturated carbocycles. The van der Waals surface area contributed by atoms with Gasteiger partial charge < -0.3 is 9.84 Å². The zero-order chi connectivity index (χ0) is 14.2. The Balaban J connectivity index is 1.90. The van der Waals surface area contributed by atoms with Gasteiger partial charge in [0.25, 0.3) is 5.56 Å². The van der Waals surface area contributed by atoms with E-state index in [4.69, 9.17) is 9.84 Å². The number of hydrogen-bond donors (Lipinski definition) is 1. The highest BCUT2D eigenvalue weighted by Gasteiger charge is 2.41. The Morgan fingerprint density at radius 2 is 2.15 bits per heavy atom. The van der Waals surface area contributed by atoms with Crippen molar-refractivity contribution in [2.24, 2.45) is 0 Å². The number of carboxylic acids is 1. The van der Waals surface area contributed by atoms with Crippen molar-refractivity contribution < 1.29 is 14.6 Å². The van der Waals surface area contributed by atoms with Gasteiger partial charge in [-0.3, -0.25) is 4.79 Å². The quantitative estimate of drug-likeness (QED) is 0.888. The zero-order valence-electron chi connectivity index (χ0n) is 11.2. The number of carbonyl (C=O) groups is 1. The van der Waals surface area contributed by atoms with Gasteiger partial charge in [-0.2, -0.15) is 5.10 Å². The van der Waals surface area contributed by atoms with Crippen LogP contribution in [0.4, 0.5) is 0 Å². The average Bonchev–Trinajstić information content (AvgIpc) is 2.87. The minimum absolute atomic E-state index is 0.0614. The second kappa shape index (κ2) is 5.01. The molecule has 1 aliphatic heterocycles. The summed E-state index contributed by atoms with van der Waals surface area (Å²) in [7, 11) is 0. The molecular weight excluding hydrogens is 260 g/mol. The predicted octanol–water partition coefficient (Wildman–Crippen LogP) is 1.61. The van der Waals surface area contributed by atoms with E-state index < -0.39 is 5.97 Å². The van der Waals surface area contributed by atoms with Crippen molar-refractivity contribution in [3.8, 4) is 0 Å². The summed E-state index contributed by atoms with van der Waals surface area (Å²) < 4.78 is 7.28. The lowest BCUT2D eigenvalue weighted by molar-refractivity contribution is -0.0916. The zero-order valence-corrected chi connectivity index (χ0v) is 11.2. The minimum Gasteiger partial charge on any atom is -0.476 e. The first-order valence-corrected chi connectivity index (χ1v) is 7.07. The Morgan fingerprint density at radius 3 is 2.85 bits per heavy atom. The van der Waals surface area contributed by atoms with Gasteiger partial charge in [-0.15, -0.1) is 0 Å². The summed E-state index contributed by atoms with van der Waals surface area (Å²) in [6.45, 7) is 0.607. The van der Waals surface area contributed by atoms with E-state index >= 15 is 0 Å². The third-order valence-electron chi connectivity index (χ3n) is 4.37. The molecule has 6 nitrogen and oxygen atoms in total. The topological polar surface area (TPSA) is 81.4 Å². The molecule has 2 fully saturated rings. The summed E-state index contributed by atoms with van der Waals surface area (Å²) in [6.07, 6.45) is 5.82. The van der Waals surface area contributed by atoms with Crippen molar-refractivity contribution in [2.45, 2.75) is 50.2 Å². The van der Waals surface area contributed by atoms with Crippen molar-refractivity contribution in [1.82, 2.24) is 9.78 Å². The lowest BCUT2D eigenvalue weighted by atomic mass is 9.89. The molecular formula is C14H18N2O4. The average molecular weight is 278 g/mol. The smallest absolute Gasteiger partial charge is 0.356 e. The monoisotopic (exact) mass is 278 g/mol. The summed E-state index contributed by atoms with van der Waals surface area (Å²) in [6, 6.07) is 2.48. The van der Waals surface area contributed by atoms with Gasteiger partial charge in [0.15, 0.2) is 5.69 Å². The van der Waals surface area contributed by atoms with Crippen molar-refractivity contribution in [3.63, 3.8) is 0 Å². The third kappa shape index (κ3) is 2.35. The molecule has 0 amide bonds. The molecule has 1 aromatic rings. The van der Waals surface area contributed by atoms with Crippen LogP contribution in [0, 0.1) is 0 Å². The van der Waals surface area contributed by atoms with Crippen molar-refractivity contribution in [2.75, 3.05) is 6.61 Å². The maximum Gasteiger partial charge on any atom is 0.356 e. The summed E-state index contributed by atoms with van der Waals surface area (Å²) in [5.74, 6) is -1.11. The summed E-state index contributed by atoms with van der Waals surface area (Å²) in [5.41, 5.74) is -0.449. The van der Waals surface area contributed by atoms with Gasteiger partial charge in [0, 0.05) is 12.7 Å². The highest BCUT2D eigenvalue weighted by atomic mass is 16.5. The van der Waals surface area contributed by atoms with Crippen LogP contribution in [0.1, 0.15) is 55.1 Å². The lowest BCUT2D eigenvalue weighted by Crippen LogP contribution is -2.41. The number of carboxylic acid groups (broad SMARTS) is 1. The standard InChI is InChI=1S/C14H18N2O4/c17-12-4-3-11(13(18)19)15-16(12)10-5-8-20-14(9-10)6-1-2-7-14/h3-4,10H,1-2,5-9H2,(H,18,19). The van der Waals surface area contributed by atoms with E-state index in [0.29, 0.717) is 13.0 Å². The molecule has 1 aliphatic carbocycles. The molecule has 2 aliphatic rings. The second-order valence-electron chi connectivity index (χ2n) is 5.69. The van der Waals surface area contributed by atoms with E-state index in [-0.39, 0.29) is 22.9 Å². The molecule has 0 aromatic carbocycles. The molecule has 1 aromatic heterocycles. The molecule has 3 rings (SSSR count). The maximum atomic E-state index is 12.0. The predicted molar refractivity (Wildman–Crippen MR) is 70.9 cm³/mol. The van der Waals surface area contributed by atoms with Crippen LogP contribution in [-0.2, 0) is 4.74 Å². The van der Waals surface area contributed by atoms with Gasteiger partial charge in [0.05, 0.1) is 11.6 Å². The molecule has 1 saturated heterocycles. The normalized spacial score (nSPS) is 24.9. The number of hydrogen-bond acceptors (Lipinski definition) is 4. The highest BCUT2D eigenvalue weighted by molar-refractivity contribution is 5.84. The van der Waals surface area contributed by atoms with Crippen LogP contribution < -0.4 is 5.56 Å². The molecule has 20 heavy (non-hydrogen) atoms. The van der Waals surface area contributed by atoms with Gasteiger partial charge in [-0.25, -0.2) is 9.48 Å². The SMILES string of the molecule is O=C(O)c1ccc(=O)n(C2CCOC3(CCCC3)C2)n1. The fraction of sp³-hybridized carbons (Fsp3) is 0.643. The molecule has 0 radical (unpaired) electrons. The molecule has 0 bridgehead atoms. The summed E-state index contributed by atoms with van der Waals surface area (Å²) in [4.78, 5) is 23.0. The van der Waals surface area contributed by atoms with Gasteiger partial charge in [0.2, 0.25) is 0 Å². The van der Waals surface area contributed by atoms with E-state index in [1.54, 1.807) is 0 Å². The molecule has 6 heteroatoms. The molecule has 1 spiro atoms. The third-order valence-corrected chi connectivity index (χ3v) is 4.37. The number of ether oxygens (including phenoxy) is 1. The van der Waals surface area contributed by atoms with Crippen LogP contribution in [0.3, 0.4) is 0 Å². The minimum atomic E-state index is -1.11. The van der Waals surface area contributed by atoms with Gasteiger partial charge in [0.1, 0.15) is 0 Å². The first-order chi connectivity index (χ1) is 9.60. The maximum absolute atomic E-state index is 12.0. The van der Waals surface area contributed by atoms with Crippen LogP contribution in [0.15, 0.2) is 16.9 Å². The van der Waals surface area contributed by atoms with Gasteiger partial charge >= 0.3 is 5.97 Å². The van der Waals surface area contributed by atoms with E-state index in [1.807, 2.05) is 0 Å². The Kier molecular flexibility index (Phi) is 3.33. The number of aromatic carboxylic acids is 1. The highest BCUT2D eigenvalue weighted by Crippen LogP contribution is 2.42. The van der Waals surface area contributed by atoms with Crippen molar-refractivity contribution in [1.29, 1.82) is 0 Å². The Morgan fingerprint density at radius 1 is 1.40 bits per heavy atom. The van der Waals surface area contributed by atoms with Crippen molar-refractivity contribution in [3.05, 3.63) is 28.2 Å². The Labute approximate surface area is 116 Å². The number of rotatable bonds is 2. The second-order valence-corrected chi connectivity index (χ2v) is 5.69. The lowest BCUT2D eigenvalue weighted by Gasteiger charge is -2.38. The largest absolute Gasteiger partial charge is 0.476 e. The molecule has 2 heterocycles. The van der Waals surface area contributed by atoms with Crippen LogP contribution in [0.2, 0.25) is 0 Å². The van der Waals surface area contributed by atoms with E-state index in [1.165, 1.54) is 16.8 Å². The van der Waals surface area contributed by atoms with Crippen LogP contribution in [0.25, 0.3) is 0 Å². The van der Waals surface area contributed by atoms with Crippen LogP contribution in [0.5, 0.6) is 0 Å². The van der Waals surface area contributed by atoms with Gasteiger partial charge in [-0.05, 0) is 31.7 Å². The first kappa shape index (κ1) is 13.3. The Hall–Kier alpha value is -1.69. The summed E-state index contributed by atoms with van der Waals surface area (Å²) in [5, 5.41) is 13.0. The van der Waals surface area contributed by atoms with E-state index in [9.17, 15) is 9.59 Å². The van der Waals surface area contributed by atoms with E-state index in [2.05, 4.69) is 5.10 Å². The van der Waals surface area contributed by atoms with Gasteiger partial charge in [-0.1, -0.05) is 12.8 Å². The van der Waals surface area contributed by atoms with Crippen LogP contribution >= 0.6 is 0 Å². The fourth-order valence-corrected chi connectivity index (χ4v) is 3.38. The summed E-state index contributed by atoms with van der Waals surface area (Å²) >= 11 is 0. The first-order valence-electron chi connectivity index (χ1n) is 7.07. The van der Waals surface area contributed by atoms with Crippen LogP contribution in [-0.4, -0.2) is 33.1 Å².